The average molecular weight is 447 g/mol. The molecule has 1 N–H and O–H groups in total. The van der Waals surface area contributed by atoms with Crippen LogP contribution in [0.25, 0.3) is 0 Å². The summed E-state index contributed by atoms with van der Waals surface area (Å²) in [6.07, 6.45) is 0. The number of halogens is 2. The summed E-state index contributed by atoms with van der Waals surface area (Å²) >= 11 is 13.6. The van der Waals surface area contributed by atoms with Crippen molar-refractivity contribution in [2.75, 3.05) is 0 Å². The zero-order chi connectivity index (χ0) is 20.9. The summed E-state index contributed by atoms with van der Waals surface area (Å²) in [7, 11) is 0. The summed E-state index contributed by atoms with van der Waals surface area (Å²) in [4.78, 5) is 19.4. The van der Waals surface area contributed by atoms with Crippen LogP contribution in [0.1, 0.15) is 37.9 Å². The molecule has 0 amide bonds. The molecule has 150 valence electrons. The van der Waals surface area contributed by atoms with Crippen LogP contribution in [0.5, 0.6) is 0 Å². The molecule has 4 rings (SSSR count). The lowest BCUT2D eigenvalue weighted by Gasteiger charge is -2.37. The SMILES string of the molecule is CC(C)C1=C(C(=O)O)SC2=N[C@@](C)(c3cccc(Cl)c3)[C@@H](c3ccc(Cl)cc3)N21. The highest BCUT2D eigenvalue weighted by atomic mass is 35.5. The Balaban J connectivity index is 1.93. The Morgan fingerprint density at radius 3 is 2.45 bits per heavy atom. The fraction of sp³-hybridized carbons (Fsp3) is 0.273. The largest absolute Gasteiger partial charge is 0.477 e. The molecule has 0 radical (unpaired) electrons. The molecule has 0 saturated carbocycles. The highest BCUT2D eigenvalue weighted by molar-refractivity contribution is 8.18. The third-order valence-corrected chi connectivity index (χ3v) is 6.89. The predicted molar refractivity (Wildman–Crippen MR) is 119 cm³/mol. The van der Waals surface area contributed by atoms with Gasteiger partial charge in [-0.2, -0.15) is 0 Å². The monoisotopic (exact) mass is 446 g/mol. The molecule has 0 unspecified atom stereocenters. The Bertz CT molecular complexity index is 1050. The molecule has 2 atom stereocenters. The van der Waals surface area contributed by atoms with E-state index < -0.39 is 11.5 Å². The minimum atomic E-state index is -0.921. The molecule has 0 bridgehead atoms. The molecule has 4 nitrogen and oxygen atoms in total. The van der Waals surface area contributed by atoms with Crippen molar-refractivity contribution in [1.82, 2.24) is 4.90 Å². The van der Waals surface area contributed by atoms with Crippen molar-refractivity contribution in [2.45, 2.75) is 32.4 Å². The van der Waals surface area contributed by atoms with Gasteiger partial charge in [0.25, 0.3) is 0 Å². The third kappa shape index (κ3) is 3.35. The fourth-order valence-electron chi connectivity index (χ4n) is 4.08. The lowest BCUT2D eigenvalue weighted by Crippen LogP contribution is -2.36. The van der Waals surface area contributed by atoms with E-state index in [1.165, 1.54) is 11.8 Å². The first-order valence-electron chi connectivity index (χ1n) is 9.28. The number of carboxylic acids is 1. The maximum absolute atomic E-state index is 11.9. The number of fused-ring (bicyclic) bond motifs is 1. The first-order valence-corrected chi connectivity index (χ1v) is 10.9. The molecule has 2 aromatic carbocycles. The number of allylic oxidation sites excluding steroid dienone is 1. The second-order valence-electron chi connectivity index (χ2n) is 7.65. The summed E-state index contributed by atoms with van der Waals surface area (Å²) in [6, 6.07) is 15.2. The van der Waals surface area contributed by atoms with Crippen LogP contribution in [-0.4, -0.2) is 21.1 Å². The molecule has 29 heavy (non-hydrogen) atoms. The number of aliphatic carboxylic acids is 1. The van der Waals surface area contributed by atoms with Gasteiger partial charge in [-0.3, -0.25) is 0 Å². The van der Waals surface area contributed by atoms with Gasteiger partial charge in [-0.1, -0.05) is 61.3 Å². The smallest absolute Gasteiger partial charge is 0.344 e. The van der Waals surface area contributed by atoms with Crippen molar-refractivity contribution in [3.8, 4) is 0 Å². The van der Waals surface area contributed by atoms with E-state index in [1.807, 2.05) is 62.4 Å². The molecular formula is C22H20Cl2N2O2S. The van der Waals surface area contributed by atoms with E-state index in [4.69, 9.17) is 28.2 Å². The molecule has 2 heterocycles. The van der Waals surface area contributed by atoms with Crippen LogP contribution in [0.3, 0.4) is 0 Å². The van der Waals surface area contributed by atoms with Crippen LogP contribution in [0.15, 0.2) is 64.1 Å². The summed E-state index contributed by atoms with van der Waals surface area (Å²) < 4.78 is 0. The van der Waals surface area contributed by atoms with Gasteiger partial charge in [0.15, 0.2) is 5.17 Å². The van der Waals surface area contributed by atoms with Crippen molar-refractivity contribution in [2.24, 2.45) is 10.9 Å². The Hall–Kier alpha value is -1.95. The van der Waals surface area contributed by atoms with Crippen molar-refractivity contribution < 1.29 is 9.90 Å². The standard InChI is InChI=1S/C22H20Cl2N2O2S/c1-12(2)17-18(20(27)28)29-21-25-22(3,14-5-4-6-16(24)11-14)19(26(17)21)13-7-9-15(23)10-8-13/h4-12,19H,1-3H3,(H,27,28)/t19-,22+/m1/s1. The van der Waals surface area contributed by atoms with Crippen LogP contribution < -0.4 is 0 Å². The van der Waals surface area contributed by atoms with Crippen molar-refractivity contribution >= 4 is 46.1 Å². The first-order chi connectivity index (χ1) is 13.7. The number of carboxylic acid groups (broad SMARTS) is 1. The number of hydrogen-bond donors (Lipinski definition) is 1. The van der Waals surface area contributed by atoms with E-state index >= 15 is 0 Å². The second kappa shape index (κ2) is 7.38. The number of thioether (sulfide) groups is 1. The number of rotatable bonds is 4. The minimum absolute atomic E-state index is 0.0258. The van der Waals surface area contributed by atoms with Crippen molar-refractivity contribution in [3.05, 3.63) is 80.3 Å². The Morgan fingerprint density at radius 2 is 1.86 bits per heavy atom. The lowest BCUT2D eigenvalue weighted by molar-refractivity contribution is -0.131. The zero-order valence-electron chi connectivity index (χ0n) is 16.2. The van der Waals surface area contributed by atoms with Crippen LogP contribution in [0.2, 0.25) is 10.0 Å². The second-order valence-corrected chi connectivity index (χ2v) is 9.50. The molecule has 0 fully saturated rings. The van der Waals surface area contributed by atoms with Gasteiger partial charge in [0.1, 0.15) is 10.4 Å². The van der Waals surface area contributed by atoms with Gasteiger partial charge < -0.3 is 10.0 Å². The minimum Gasteiger partial charge on any atom is -0.477 e. The number of benzene rings is 2. The van der Waals surface area contributed by atoms with E-state index in [0.29, 0.717) is 20.1 Å². The van der Waals surface area contributed by atoms with E-state index in [9.17, 15) is 9.90 Å². The van der Waals surface area contributed by atoms with E-state index in [-0.39, 0.29) is 12.0 Å². The number of carbonyl (C=O) groups is 1. The van der Waals surface area contributed by atoms with Crippen molar-refractivity contribution in [3.63, 3.8) is 0 Å². The summed E-state index contributed by atoms with van der Waals surface area (Å²) in [6.45, 7) is 6.09. The third-order valence-electron chi connectivity index (χ3n) is 5.35. The molecule has 0 aliphatic carbocycles. The molecule has 2 aromatic rings. The molecule has 0 spiro atoms. The molecule has 2 aliphatic rings. The normalized spacial score (nSPS) is 23.6. The van der Waals surface area contributed by atoms with Crippen LogP contribution in [-0.2, 0) is 10.3 Å². The van der Waals surface area contributed by atoms with Gasteiger partial charge in [0, 0.05) is 15.7 Å². The van der Waals surface area contributed by atoms with Gasteiger partial charge in [-0.05, 0) is 60.0 Å². The van der Waals surface area contributed by atoms with E-state index in [2.05, 4.69) is 11.8 Å². The van der Waals surface area contributed by atoms with Crippen molar-refractivity contribution in [1.29, 1.82) is 0 Å². The molecule has 0 aromatic heterocycles. The van der Waals surface area contributed by atoms with E-state index in [0.717, 1.165) is 16.8 Å². The molecule has 2 aliphatic heterocycles. The average Bonchev–Trinajstić information content (AvgIpc) is 3.15. The van der Waals surface area contributed by atoms with Gasteiger partial charge >= 0.3 is 5.97 Å². The quantitative estimate of drug-likeness (QED) is 0.596. The molecule has 7 heteroatoms. The summed E-state index contributed by atoms with van der Waals surface area (Å²) in [5.41, 5.74) is 2.14. The number of aliphatic imine (C=N–C) groups is 1. The Morgan fingerprint density at radius 1 is 1.17 bits per heavy atom. The maximum Gasteiger partial charge on any atom is 0.344 e. The number of hydrogen-bond acceptors (Lipinski definition) is 4. The zero-order valence-corrected chi connectivity index (χ0v) is 18.5. The highest BCUT2D eigenvalue weighted by Crippen LogP contribution is 2.56. The highest BCUT2D eigenvalue weighted by Gasteiger charge is 2.53. The lowest BCUT2D eigenvalue weighted by atomic mass is 9.81. The summed E-state index contributed by atoms with van der Waals surface area (Å²) in [5.74, 6) is -0.895. The maximum atomic E-state index is 11.9. The summed E-state index contributed by atoms with van der Waals surface area (Å²) in [5, 5.41) is 11.8. The van der Waals surface area contributed by atoms with Crippen LogP contribution in [0.4, 0.5) is 0 Å². The molecular weight excluding hydrogens is 427 g/mol. The number of nitrogens with zero attached hydrogens (tertiary/aromatic N) is 2. The van der Waals surface area contributed by atoms with Crippen LogP contribution >= 0.6 is 35.0 Å². The van der Waals surface area contributed by atoms with Crippen LogP contribution in [0, 0.1) is 5.92 Å². The van der Waals surface area contributed by atoms with E-state index in [1.54, 1.807) is 0 Å². The first kappa shape index (κ1) is 20.3. The van der Waals surface area contributed by atoms with Gasteiger partial charge in [-0.25, -0.2) is 9.79 Å². The molecule has 0 saturated heterocycles. The Labute approximate surface area is 184 Å². The van der Waals surface area contributed by atoms with Gasteiger partial charge in [0.05, 0.1) is 6.04 Å². The fourth-order valence-corrected chi connectivity index (χ4v) is 5.64. The predicted octanol–water partition coefficient (Wildman–Crippen LogP) is 6.32. The Kier molecular flexibility index (Phi) is 5.18. The van der Waals surface area contributed by atoms with Gasteiger partial charge in [0.2, 0.25) is 0 Å². The number of amidine groups is 1. The van der Waals surface area contributed by atoms with Gasteiger partial charge in [-0.15, -0.1) is 0 Å². The topological polar surface area (TPSA) is 52.9 Å².